The molecular weight excluding hydrogens is 268 g/mol. The summed E-state index contributed by atoms with van der Waals surface area (Å²) in [5.41, 5.74) is 1.09. The molecule has 0 bridgehead atoms. The number of likely N-dealkylation sites (N-methyl/N-ethyl adjacent to an activating group) is 2. The van der Waals surface area contributed by atoms with Gasteiger partial charge in [-0.05, 0) is 19.9 Å². The fourth-order valence-electron chi connectivity index (χ4n) is 2.88. The number of nitrogens with zero attached hydrogens (tertiary/aromatic N) is 4. The van der Waals surface area contributed by atoms with Crippen LogP contribution in [0.4, 0.5) is 0 Å². The van der Waals surface area contributed by atoms with E-state index in [1.807, 2.05) is 29.8 Å². The molecule has 1 aliphatic rings. The van der Waals surface area contributed by atoms with E-state index in [2.05, 4.69) is 16.9 Å². The third kappa shape index (κ3) is 4.04. The Morgan fingerprint density at radius 1 is 1.52 bits per heavy atom. The van der Waals surface area contributed by atoms with Gasteiger partial charge in [0.1, 0.15) is 0 Å². The lowest BCUT2D eigenvalue weighted by Gasteiger charge is -2.25. The molecule has 21 heavy (non-hydrogen) atoms. The van der Waals surface area contributed by atoms with Crippen molar-refractivity contribution < 1.29 is 9.53 Å². The molecule has 2 rings (SSSR count). The van der Waals surface area contributed by atoms with Crippen molar-refractivity contribution in [2.45, 2.75) is 31.4 Å². The largest absolute Gasteiger partial charge is 0.380 e. The minimum Gasteiger partial charge on any atom is -0.380 e. The van der Waals surface area contributed by atoms with Crippen LogP contribution in [-0.2, 0) is 23.0 Å². The monoisotopic (exact) mass is 294 g/mol. The summed E-state index contributed by atoms with van der Waals surface area (Å²) in [6.45, 7) is 1.71. The van der Waals surface area contributed by atoms with Crippen LogP contribution < -0.4 is 0 Å². The summed E-state index contributed by atoms with van der Waals surface area (Å²) in [5.74, 6) is 0.186. The van der Waals surface area contributed by atoms with Gasteiger partial charge in [0.05, 0.1) is 12.4 Å². The van der Waals surface area contributed by atoms with E-state index in [0.29, 0.717) is 12.5 Å². The van der Waals surface area contributed by atoms with Crippen molar-refractivity contribution in [3.05, 3.63) is 18.2 Å². The number of likely N-dealkylation sites (tertiary alicyclic amines) is 1. The summed E-state index contributed by atoms with van der Waals surface area (Å²) < 4.78 is 7.37. The zero-order valence-electron chi connectivity index (χ0n) is 13.5. The molecule has 1 fully saturated rings. The molecule has 1 aromatic heterocycles. The molecule has 0 N–H and O–H groups in total. The zero-order chi connectivity index (χ0) is 15.4. The number of aryl methyl sites for hydroxylation is 2. The average Bonchev–Trinajstić information content (AvgIpc) is 3.02. The molecule has 2 atom stereocenters. The first-order valence-electron chi connectivity index (χ1n) is 7.43. The maximum absolute atomic E-state index is 12.2. The number of carbonyl (C=O) groups excluding carboxylic acids is 1. The molecule has 1 aliphatic heterocycles. The number of hydrogen-bond donors (Lipinski definition) is 0. The number of imidazole rings is 1. The summed E-state index contributed by atoms with van der Waals surface area (Å²) in [7, 11) is 7.69. The zero-order valence-corrected chi connectivity index (χ0v) is 13.5. The molecule has 118 valence electrons. The second-order valence-corrected chi connectivity index (χ2v) is 5.96. The van der Waals surface area contributed by atoms with E-state index in [-0.39, 0.29) is 12.0 Å². The Morgan fingerprint density at radius 3 is 2.86 bits per heavy atom. The van der Waals surface area contributed by atoms with Crippen LogP contribution in [0.1, 0.15) is 18.5 Å². The highest BCUT2D eigenvalue weighted by molar-refractivity contribution is 5.76. The second kappa shape index (κ2) is 7.04. The topological polar surface area (TPSA) is 50.6 Å². The lowest BCUT2D eigenvalue weighted by Crippen LogP contribution is -2.39. The number of hydrogen-bond acceptors (Lipinski definition) is 4. The first kappa shape index (κ1) is 16.0. The molecule has 1 aromatic rings. The molecule has 0 aromatic carbocycles. The van der Waals surface area contributed by atoms with Crippen LogP contribution in [0.25, 0.3) is 0 Å². The lowest BCUT2D eigenvalue weighted by atomic mass is 10.1. The fourth-order valence-corrected chi connectivity index (χ4v) is 2.88. The normalized spacial score (nSPS) is 22.7. The SMILES string of the molecule is CO[C@H]1C[C@@H](CN(C)C(=O)CCc2cncn2C)N(C)C1. The smallest absolute Gasteiger partial charge is 0.222 e. The maximum Gasteiger partial charge on any atom is 0.222 e. The highest BCUT2D eigenvalue weighted by atomic mass is 16.5. The van der Waals surface area contributed by atoms with Crippen LogP contribution in [0.15, 0.2) is 12.5 Å². The summed E-state index contributed by atoms with van der Waals surface area (Å²) >= 11 is 0. The van der Waals surface area contributed by atoms with Crippen molar-refractivity contribution in [1.82, 2.24) is 19.4 Å². The maximum atomic E-state index is 12.2. The van der Waals surface area contributed by atoms with Crippen molar-refractivity contribution in [3.63, 3.8) is 0 Å². The molecule has 6 heteroatoms. The molecule has 2 heterocycles. The molecule has 0 unspecified atom stereocenters. The van der Waals surface area contributed by atoms with Gasteiger partial charge in [-0.25, -0.2) is 4.98 Å². The first-order valence-corrected chi connectivity index (χ1v) is 7.43. The second-order valence-electron chi connectivity index (χ2n) is 5.96. The van der Waals surface area contributed by atoms with Crippen LogP contribution in [0.5, 0.6) is 0 Å². The Hall–Kier alpha value is -1.40. The van der Waals surface area contributed by atoms with Crippen molar-refractivity contribution >= 4 is 5.91 Å². The molecule has 0 radical (unpaired) electrons. The minimum atomic E-state index is 0.186. The Kier molecular flexibility index (Phi) is 5.36. The van der Waals surface area contributed by atoms with Gasteiger partial charge in [0, 0.05) is 58.6 Å². The highest BCUT2D eigenvalue weighted by Crippen LogP contribution is 2.19. The molecule has 1 amide bonds. The van der Waals surface area contributed by atoms with Crippen LogP contribution in [-0.4, -0.2) is 71.7 Å². The summed E-state index contributed by atoms with van der Waals surface area (Å²) in [4.78, 5) is 20.4. The van der Waals surface area contributed by atoms with Gasteiger partial charge in [-0.15, -0.1) is 0 Å². The van der Waals surface area contributed by atoms with Crippen LogP contribution in [0, 0.1) is 0 Å². The van der Waals surface area contributed by atoms with Gasteiger partial charge in [-0.2, -0.15) is 0 Å². The Labute approximate surface area is 126 Å². The summed E-state index contributed by atoms with van der Waals surface area (Å²) in [6, 6.07) is 0.389. The van der Waals surface area contributed by atoms with Crippen LogP contribution >= 0.6 is 0 Å². The van der Waals surface area contributed by atoms with E-state index in [1.54, 1.807) is 13.4 Å². The lowest BCUT2D eigenvalue weighted by molar-refractivity contribution is -0.130. The standard InChI is InChI=1S/C15H26N4O2/c1-17-10-14(21-4)7-13(17)9-18(2)15(20)6-5-12-8-16-11-19(12)3/h8,11,13-14H,5-7,9-10H2,1-4H3/t13-,14-/m0/s1. The van der Waals surface area contributed by atoms with Crippen molar-refractivity contribution in [2.75, 3.05) is 34.3 Å². The van der Waals surface area contributed by atoms with E-state index in [9.17, 15) is 4.79 Å². The van der Waals surface area contributed by atoms with Gasteiger partial charge in [0.15, 0.2) is 0 Å². The van der Waals surface area contributed by atoms with Gasteiger partial charge >= 0.3 is 0 Å². The molecule has 0 spiro atoms. The molecule has 1 saturated heterocycles. The molecule has 0 aliphatic carbocycles. The predicted molar refractivity (Wildman–Crippen MR) is 81.0 cm³/mol. The number of ether oxygens (including phenoxy) is 1. The van der Waals surface area contributed by atoms with E-state index >= 15 is 0 Å². The Bertz CT molecular complexity index is 474. The van der Waals surface area contributed by atoms with Crippen molar-refractivity contribution in [3.8, 4) is 0 Å². The van der Waals surface area contributed by atoms with E-state index in [1.165, 1.54) is 0 Å². The van der Waals surface area contributed by atoms with E-state index in [4.69, 9.17) is 4.74 Å². The molecule has 0 saturated carbocycles. The van der Waals surface area contributed by atoms with Crippen molar-refractivity contribution in [1.29, 1.82) is 0 Å². The van der Waals surface area contributed by atoms with Gasteiger partial charge in [-0.1, -0.05) is 0 Å². The number of methoxy groups -OCH3 is 1. The van der Waals surface area contributed by atoms with E-state index in [0.717, 1.165) is 31.6 Å². The molecular formula is C15H26N4O2. The number of amides is 1. The number of carbonyl (C=O) groups is 1. The summed E-state index contributed by atoms with van der Waals surface area (Å²) in [5, 5.41) is 0. The molecule has 6 nitrogen and oxygen atoms in total. The van der Waals surface area contributed by atoms with Gasteiger partial charge in [0.25, 0.3) is 0 Å². The van der Waals surface area contributed by atoms with Gasteiger partial charge in [-0.3, -0.25) is 9.69 Å². The van der Waals surface area contributed by atoms with E-state index < -0.39 is 0 Å². The number of aromatic nitrogens is 2. The third-order valence-electron chi connectivity index (χ3n) is 4.41. The third-order valence-corrected chi connectivity index (χ3v) is 4.41. The summed E-state index contributed by atoms with van der Waals surface area (Å²) in [6.07, 6.45) is 6.13. The minimum absolute atomic E-state index is 0.186. The highest BCUT2D eigenvalue weighted by Gasteiger charge is 2.30. The quantitative estimate of drug-likeness (QED) is 0.768. The van der Waals surface area contributed by atoms with Crippen LogP contribution in [0.3, 0.4) is 0 Å². The van der Waals surface area contributed by atoms with Crippen LogP contribution in [0.2, 0.25) is 0 Å². The van der Waals surface area contributed by atoms with Gasteiger partial charge < -0.3 is 14.2 Å². The Balaban J connectivity index is 1.79. The predicted octanol–water partition coefficient (Wildman–Crippen LogP) is 0.530. The van der Waals surface area contributed by atoms with Gasteiger partial charge in [0.2, 0.25) is 5.91 Å². The Morgan fingerprint density at radius 2 is 2.29 bits per heavy atom. The average molecular weight is 294 g/mol. The number of rotatable bonds is 6. The fraction of sp³-hybridized carbons (Fsp3) is 0.733. The van der Waals surface area contributed by atoms with Crippen molar-refractivity contribution in [2.24, 2.45) is 7.05 Å². The first-order chi connectivity index (χ1) is 10.0.